The van der Waals surface area contributed by atoms with Gasteiger partial charge in [0.2, 0.25) is 35.4 Å². The van der Waals surface area contributed by atoms with Crippen molar-refractivity contribution in [1.82, 2.24) is 41.8 Å². The van der Waals surface area contributed by atoms with Gasteiger partial charge in [0, 0.05) is 49.6 Å². The minimum atomic E-state index is -1.32. The smallest absolute Gasteiger partial charge is 0.317 e. The van der Waals surface area contributed by atoms with Crippen molar-refractivity contribution in [3.8, 4) is 5.75 Å². The van der Waals surface area contributed by atoms with E-state index in [0.29, 0.717) is 42.6 Å². The van der Waals surface area contributed by atoms with Crippen LogP contribution in [0.15, 0.2) is 59.7 Å². The lowest BCUT2D eigenvalue weighted by Crippen LogP contribution is -2.60. The number of benzene rings is 2. The molecule has 1 unspecified atom stereocenters. The van der Waals surface area contributed by atoms with Crippen molar-refractivity contribution in [1.29, 1.82) is 0 Å². The molecule has 0 bridgehead atoms. The number of aliphatic hydroxyl groups excluding tert-OH is 2. The molecule has 380 valence electrons. The lowest BCUT2D eigenvalue weighted by molar-refractivity contribution is -0.143. The number of carboxylic acids is 1. The molecule has 1 aromatic heterocycles. The summed E-state index contributed by atoms with van der Waals surface area (Å²) >= 11 is 0. The molecule has 70 heavy (non-hydrogen) atoms. The number of methoxy groups -OCH3 is 1. The first kappa shape index (κ1) is 52.6. The number of aliphatic imine (C=N–C) groups is 1. The highest BCUT2D eigenvalue weighted by Gasteiger charge is 2.43. The lowest BCUT2D eigenvalue weighted by atomic mass is 9.83. The van der Waals surface area contributed by atoms with E-state index >= 15 is 0 Å². The number of carbonyl (C=O) groups excluding carboxylic acids is 6. The summed E-state index contributed by atoms with van der Waals surface area (Å²) in [7, 11) is 1.53. The Morgan fingerprint density at radius 3 is 2.31 bits per heavy atom. The molecule has 3 aliphatic rings. The standard InChI is InChI=1S/C48H67N11O11/c1-70-32-15-16-34-33(23-32)29(24-53-34)21-39-45(67)55-35(9-5-18-52-48(49)50)42(64)51-17-6-10-36(56-43(65)37(54-25-41(62)63)19-27-7-3-2-4-8-27)47(69)59-26-31(61)22-40(59)46(68)58-38(44(66)57-39)20-28-11-13-30(60)14-12-28/h2-4,7-8,15-16,23-24,28,30-31,35-40,53-54,60-61H,5-6,9-14,17-22,25-26H2,1H3,(H,51,64)(H,55,67)(H,56,65)(H,57,66)(H,58,68)(H,62,63)(H4,49,50,52)/t28?,30?,31-,35+,36+,37?,38-,39+,40+/m1/s1. The minimum Gasteiger partial charge on any atom is -0.497 e. The fourth-order valence-electron chi connectivity index (χ4n) is 9.41. The van der Waals surface area contributed by atoms with Crippen molar-refractivity contribution in [2.45, 2.75) is 126 Å². The monoisotopic (exact) mass is 974 g/mol. The Hall–Kier alpha value is -6.78. The molecule has 2 aliphatic heterocycles. The molecule has 22 heteroatoms. The predicted octanol–water partition coefficient (Wildman–Crippen LogP) is -1.19. The van der Waals surface area contributed by atoms with Gasteiger partial charge < -0.3 is 68.0 Å². The van der Waals surface area contributed by atoms with E-state index in [1.165, 1.54) is 12.0 Å². The van der Waals surface area contributed by atoms with Crippen LogP contribution in [0, 0.1) is 5.92 Å². The van der Waals surface area contributed by atoms with Crippen LogP contribution in [0.4, 0.5) is 0 Å². The zero-order valence-electron chi connectivity index (χ0n) is 39.4. The summed E-state index contributed by atoms with van der Waals surface area (Å²) in [6.45, 7) is -0.732. The molecule has 1 aliphatic carbocycles. The third-order valence-corrected chi connectivity index (χ3v) is 13.2. The molecule has 0 radical (unpaired) electrons. The fourth-order valence-corrected chi connectivity index (χ4v) is 9.41. The van der Waals surface area contributed by atoms with Gasteiger partial charge in [-0.3, -0.25) is 43.9 Å². The van der Waals surface area contributed by atoms with E-state index in [0.717, 1.165) is 10.9 Å². The highest BCUT2D eigenvalue weighted by molar-refractivity contribution is 5.97. The normalized spacial score (nSPS) is 25.5. The number of aliphatic hydroxyl groups is 2. The summed E-state index contributed by atoms with van der Waals surface area (Å²) in [6, 6.07) is 6.84. The number of hydrogen-bond donors (Lipinski definition) is 12. The first-order valence-electron chi connectivity index (χ1n) is 23.9. The van der Waals surface area contributed by atoms with Crippen LogP contribution in [-0.2, 0) is 46.4 Å². The number of carboxylic acid groups (broad SMARTS) is 1. The topological polar surface area (TPSA) is 345 Å². The van der Waals surface area contributed by atoms with E-state index < -0.39 is 96.4 Å². The molecule has 6 rings (SSSR count). The number of nitrogens with two attached hydrogens (primary N) is 2. The number of H-pyrrole nitrogens is 1. The zero-order chi connectivity index (χ0) is 50.3. The summed E-state index contributed by atoms with van der Waals surface area (Å²) in [5.74, 6) is -5.07. The second kappa shape index (κ2) is 25.2. The van der Waals surface area contributed by atoms with Crippen LogP contribution >= 0.6 is 0 Å². The number of ether oxygens (including phenoxy) is 1. The second-order valence-electron chi connectivity index (χ2n) is 18.4. The Morgan fingerprint density at radius 1 is 0.886 bits per heavy atom. The summed E-state index contributed by atoms with van der Waals surface area (Å²) < 4.78 is 5.46. The number of nitrogens with zero attached hydrogens (tertiary/aromatic N) is 2. The number of aromatic nitrogens is 1. The Morgan fingerprint density at radius 2 is 1.60 bits per heavy atom. The van der Waals surface area contributed by atoms with Gasteiger partial charge in [0.15, 0.2) is 5.96 Å². The van der Waals surface area contributed by atoms with Gasteiger partial charge in [-0.2, -0.15) is 0 Å². The predicted molar refractivity (Wildman–Crippen MR) is 257 cm³/mol. The molecule has 2 aromatic carbocycles. The summed E-state index contributed by atoms with van der Waals surface area (Å²) in [5.41, 5.74) is 13.2. The lowest BCUT2D eigenvalue weighted by Gasteiger charge is -2.32. The van der Waals surface area contributed by atoms with Crippen LogP contribution in [0.25, 0.3) is 10.9 Å². The fraction of sp³-hybridized carbons (Fsp3) is 0.542. The third-order valence-electron chi connectivity index (χ3n) is 13.2. The Bertz CT molecular complexity index is 2330. The first-order chi connectivity index (χ1) is 33.6. The largest absolute Gasteiger partial charge is 0.497 e. The maximum Gasteiger partial charge on any atom is 0.317 e. The van der Waals surface area contributed by atoms with Crippen molar-refractivity contribution < 1.29 is 53.6 Å². The number of amides is 6. The number of hydrogen-bond acceptors (Lipinski definition) is 12. The van der Waals surface area contributed by atoms with E-state index in [1.807, 2.05) is 6.07 Å². The molecule has 3 aromatic rings. The van der Waals surface area contributed by atoms with Crippen molar-refractivity contribution in [3.63, 3.8) is 0 Å². The highest BCUT2D eigenvalue weighted by Crippen LogP contribution is 2.29. The molecule has 22 nitrogen and oxygen atoms in total. The van der Waals surface area contributed by atoms with Crippen LogP contribution in [0.5, 0.6) is 5.75 Å². The third kappa shape index (κ3) is 14.9. The number of carbonyl (C=O) groups is 7. The van der Waals surface area contributed by atoms with E-state index in [2.05, 4.69) is 41.9 Å². The average Bonchev–Trinajstić information content (AvgIpc) is 3.94. The second-order valence-corrected chi connectivity index (χ2v) is 18.4. The van der Waals surface area contributed by atoms with Gasteiger partial charge in [0.25, 0.3) is 0 Å². The number of aliphatic carboxylic acids is 1. The SMILES string of the molecule is COc1ccc2[nH]cc(C[C@@H]3NC(=O)[C@@H](CC4CCC(O)CC4)NC(=O)[C@@H]4C[C@@H](O)CN4C(=O)[C@@H](NC(=O)C(Cc4ccccc4)NCC(=O)O)CCCNC(=O)[C@H](CCCN=C(N)N)NC3=O)c2c1. The minimum absolute atomic E-state index is 0.0345. The molecule has 6 amide bonds. The Balaban J connectivity index is 1.34. The molecule has 3 heterocycles. The van der Waals surface area contributed by atoms with Gasteiger partial charge in [-0.15, -0.1) is 0 Å². The van der Waals surface area contributed by atoms with Gasteiger partial charge in [-0.25, -0.2) is 0 Å². The summed E-state index contributed by atoms with van der Waals surface area (Å²) in [6.07, 6.45) is 2.47. The van der Waals surface area contributed by atoms with E-state index in [-0.39, 0.29) is 82.9 Å². The van der Waals surface area contributed by atoms with E-state index in [9.17, 15) is 48.9 Å². The quantitative estimate of drug-likeness (QED) is 0.0457. The molecular formula is C48H67N11O11. The van der Waals surface area contributed by atoms with Gasteiger partial charge in [0.05, 0.1) is 31.9 Å². The van der Waals surface area contributed by atoms with Crippen molar-refractivity contribution in [2.75, 3.05) is 33.3 Å². The van der Waals surface area contributed by atoms with E-state index in [4.69, 9.17) is 16.2 Å². The molecular weight excluding hydrogens is 907 g/mol. The van der Waals surface area contributed by atoms with Crippen LogP contribution < -0.4 is 48.1 Å². The molecule has 3 fully saturated rings. The van der Waals surface area contributed by atoms with Crippen molar-refractivity contribution in [3.05, 3.63) is 65.9 Å². The maximum absolute atomic E-state index is 14.7. The van der Waals surface area contributed by atoms with Gasteiger partial charge in [-0.1, -0.05) is 30.3 Å². The number of fused-ring (bicyclic) bond motifs is 2. The number of guanidine groups is 1. The van der Waals surface area contributed by atoms with Crippen LogP contribution in [0.2, 0.25) is 0 Å². The maximum atomic E-state index is 14.7. The molecule has 2 saturated heterocycles. The van der Waals surface area contributed by atoms with Crippen LogP contribution in [0.1, 0.15) is 75.3 Å². The number of nitrogens with one attached hydrogen (secondary N) is 7. The van der Waals surface area contributed by atoms with Crippen molar-refractivity contribution >= 4 is 58.3 Å². The average molecular weight is 974 g/mol. The van der Waals surface area contributed by atoms with Crippen molar-refractivity contribution in [2.24, 2.45) is 22.4 Å². The van der Waals surface area contributed by atoms with Gasteiger partial charge in [0.1, 0.15) is 36.0 Å². The van der Waals surface area contributed by atoms with Gasteiger partial charge in [-0.05, 0) is 99.5 Å². The number of aromatic amines is 1. The summed E-state index contributed by atoms with van der Waals surface area (Å²) in [4.78, 5) is 107. The Labute approximate surface area is 405 Å². The molecule has 14 N–H and O–H groups in total. The number of rotatable bonds is 16. The first-order valence-corrected chi connectivity index (χ1v) is 23.9. The van der Waals surface area contributed by atoms with E-state index in [1.54, 1.807) is 48.7 Å². The summed E-state index contributed by atoms with van der Waals surface area (Å²) in [5, 5.41) is 48.4. The molecule has 1 saturated carbocycles. The highest BCUT2D eigenvalue weighted by atomic mass is 16.5. The van der Waals surface area contributed by atoms with Crippen LogP contribution in [0.3, 0.4) is 0 Å². The van der Waals surface area contributed by atoms with Crippen LogP contribution in [-0.4, -0.2) is 154 Å². The Kier molecular flexibility index (Phi) is 18.9. The van der Waals surface area contributed by atoms with Gasteiger partial charge >= 0.3 is 5.97 Å². The molecule has 0 spiro atoms. The zero-order valence-corrected chi connectivity index (χ0v) is 39.4. The molecule has 7 atom stereocenters.